The number of likely N-dealkylation sites (N-methyl/N-ethyl adjacent to an activating group) is 1. The van der Waals surface area contributed by atoms with E-state index in [-0.39, 0.29) is 24.9 Å². The Bertz CT molecular complexity index is 1200. The van der Waals surface area contributed by atoms with Crippen LogP contribution in [0.25, 0.3) is 20.4 Å². The van der Waals surface area contributed by atoms with Gasteiger partial charge in [0.05, 0.1) is 33.5 Å². The number of carbonyl (C=O) groups is 2. The second-order valence-electron chi connectivity index (χ2n) is 9.01. The molecular formula is C23H31N7O2S2. The van der Waals surface area contributed by atoms with Gasteiger partial charge in [-0.15, -0.1) is 0 Å². The van der Waals surface area contributed by atoms with Crippen molar-refractivity contribution in [3.8, 4) is 0 Å². The van der Waals surface area contributed by atoms with Gasteiger partial charge in [0.25, 0.3) is 0 Å². The summed E-state index contributed by atoms with van der Waals surface area (Å²) >= 11 is 3.11. The van der Waals surface area contributed by atoms with E-state index >= 15 is 0 Å². The Balaban J connectivity index is 1.24. The predicted molar refractivity (Wildman–Crippen MR) is 139 cm³/mol. The maximum absolute atomic E-state index is 12.7. The molecule has 2 aliphatic heterocycles. The number of anilines is 2. The molecule has 34 heavy (non-hydrogen) atoms. The van der Waals surface area contributed by atoms with Gasteiger partial charge in [0.2, 0.25) is 11.8 Å². The van der Waals surface area contributed by atoms with E-state index in [0.29, 0.717) is 6.04 Å². The summed E-state index contributed by atoms with van der Waals surface area (Å²) in [6.07, 6.45) is 4.18. The van der Waals surface area contributed by atoms with Gasteiger partial charge in [-0.3, -0.25) is 9.59 Å². The summed E-state index contributed by atoms with van der Waals surface area (Å²) in [5.74, 6) is 0.219. The molecule has 9 nitrogen and oxygen atoms in total. The monoisotopic (exact) mass is 501 g/mol. The minimum atomic E-state index is 0.0877. The summed E-state index contributed by atoms with van der Waals surface area (Å²) in [5, 5.41) is 11.3. The molecule has 2 amide bonds. The Labute approximate surface area is 206 Å². The fourth-order valence-electron chi connectivity index (χ4n) is 4.68. The summed E-state index contributed by atoms with van der Waals surface area (Å²) in [4.78, 5) is 38.2. The molecule has 0 atom stereocenters. The molecule has 182 valence electrons. The van der Waals surface area contributed by atoms with Gasteiger partial charge in [0.1, 0.15) is 0 Å². The highest BCUT2D eigenvalue weighted by molar-refractivity contribution is 7.24. The molecule has 0 unspecified atom stereocenters. The van der Waals surface area contributed by atoms with Gasteiger partial charge < -0.3 is 25.8 Å². The molecule has 0 saturated carbocycles. The number of aryl methyl sites for hydroxylation is 1. The van der Waals surface area contributed by atoms with Crippen molar-refractivity contribution in [2.45, 2.75) is 38.6 Å². The number of nitrogens with one attached hydrogen (secondary N) is 3. The maximum Gasteiger partial charge on any atom is 0.241 e. The molecule has 2 saturated heterocycles. The van der Waals surface area contributed by atoms with Crippen LogP contribution in [-0.4, -0.2) is 83.9 Å². The highest BCUT2D eigenvalue weighted by Gasteiger charge is 2.22. The van der Waals surface area contributed by atoms with Crippen LogP contribution in [0.5, 0.6) is 0 Å². The average Bonchev–Trinajstić information content (AvgIpc) is 3.61. The first-order chi connectivity index (χ1) is 16.5. The van der Waals surface area contributed by atoms with Gasteiger partial charge in [-0.2, -0.15) is 0 Å². The van der Waals surface area contributed by atoms with Crippen LogP contribution in [0.15, 0.2) is 6.07 Å². The summed E-state index contributed by atoms with van der Waals surface area (Å²) in [6, 6.07) is 2.41. The van der Waals surface area contributed by atoms with Gasteiger partial charge in [-0.1, -0.05) is 22.7 Å². The molecule has 2 fully saturated rings. The Hall–Kier alpha value is -2.50. The number of benzene rings is 1. The Morgan fingerprint density at radius 2 is 1.65 bits per heavy atom. The van der Waals surface area contributed by atoms with E-state index in [1.807, 2.05) is 23.8 Å². The molecule has 5 rings (SSSR count). The van der Waals surface area contributed by atoms with Crippen molar-refractivity contribution in [3.05, 3.63) is 11.6 Å². The van der Waals surface area contributed by atoms with Crippen molar-refractivity contribution >= 4 is 65.2 Å². The number of aromatic nitrogens is 2. The van der Waals surface area contributed by atoms with Crippen LogP contribution in [0.2, 0.25) is 0 Å². The number of amides is 2. The van der Waals surface area contributed by atoms with Crippen molar-refractivity contribution in [1.29, 1.82) is 0 Å². The van der Waals surface area contributed by atoms with Crippen molar-refractivity contribution in [2.24, 2.45) is 0 Å². The smallest absolute Gasteiger partial charge is 0.241 e. The van der Waals surface area contributed by atoms with Crippen LogP contribution in [0.4, 0.5) is 10.3 Å². The Morgan fingerprint density at radius 3 is 2.26 bits per heavy atom. The van der Waals surface area contributed by atoms with Crippen molar-refractivity contribution in [2.75, 3.05) is 56.9 Å². The number of carbonyl (C=O) groups excluding carboxylic acids is 2. The maximum atomic E-state index is 12.7. The van der Waals surface area contributed by atoms with Crippen molar-refractivity contribution < 1.29 is 9.59 Å². The molecule has 4 heterocycles. The molecule has 2 aromatic heterocycles. The number of hydrogen-bond donors (Lipinski definition) is 3. The van der Waals surface area contributed by atoms with E-state index in [2.05, 4.69) is 22.0 Å². The topological polar surface area (TPSA) is 102 Å². The fourth-order valence-corrected chi connectivity index (χ4v) is 6.68. The van der Waals surface area contributed by atoms with E-state index in [1.165, 1.54) is 0 Å². The lowest BCUT2D eigenvalue weighted by Gasteiger charge is -2.31. The second kappa shape index (κ2) is 10.0. The molecular weight excluding hydrogens is 470 g/mol. The first kappa shape index (κ1) is 23.3. The summed E-state index contributed by atoms with van der Waals surface area (Å²) in [7, 11) is 1.90. The van der Waals surface area contributed by atoms with E-state index in [9.17, 15) is 9.59 Å². The van der Waals surface area contributed by atoms with Crippen LogP contribution >= 0.6 is 22.7 Å². The first-order valence-electron chi connectivity index (χ1n) is 11.9. The van der Waals surface area contributed by atoms with Crippen LogP contribution in [0.3, 0.4) is 0 Å². The zero-order valence-corrected chi connectivity index (χ0v) is 21.3. The number of thiazole rings is 2. The molecule has 0 spiro atoms. The summed E-state index contributed by atoms with van der Waals surface area (Å²) in [6.45, 7) is 6.19. The average molecular weight is 502 g/mol. The first-order valence-corrected chi connectivity index (χ1v) is 13.6. The third-order valence-corrected chi connectivity index (χ3v) is 8.69. The minimum Gasteiger partial charge on any atom is -0.352 e. The number of likely N-dealkylation sites (tertiary alicyclic amines) is 1. The van der Waals surface area contributed by atoms with Gasteiger partial charge >= 0.3 is 0 Å². The molecule has 0 aliphatic carbocycles. The van der Waals surface area contributed by atoms with Crippen LogP contribution in [-0.2, 0) is 9.59 Å². The standard InChI is InChI=1S/C23H31N7O2S2/c1-14-20-16(33-22(27-20)25-12-18(31)29(2)15-5-7-24-8-6-15)11-17-21(14)28-23(34-17)26-13-19(32)30-9-3-4-10-30/h11,15,24H,3-10,12-13H2,1-2H3,(H,25,27)(H,26,28). The van der Waals surface area contributed by atoms with E-state index < -0.39 is 0 Å². The number of fused-ring (bicyclic) bond motifs is 2. The Kier molecular flexibility index (Phi) is 6.84. The highest BCUT2D eigenvalue weighted by Crippen LogP contribution is 2.37. The largest absolute Gasteiger partial charge is 0.352 e. The quantitative estimate of drug-likeness (QED) is 0.457. The molecule has 3 aromatic rings. The van der Waals surface area contributed by atoms with Gasteiger partial charge in [0.15, 0.2) is 10.3 Å². The third-order valence-electron chi connectivity index (χ3n) is 6.77. The second-order valence-corrected chi connectivity index (χ2v) is 11.1. The number of nitrogens with zero attached hydrogens (tertiary/aromatic N) is 4. The van der Waals surface area contributed by atoms with Gasteiger partial charge in [-0.05, 0) is 51.8 Å². The third kappa shape index (κ3) is 4.82. The number of piperidine rings is 1. The fraction of sp³-hybridized carbons (Fsp3) is 0.565. The molecule has 1 aromatic carbocycles. The number of hydrogen-bond acceptors (Lipinski definition) is 9. The van der Waals surface area contributed by atoms with E-state index in [1.54, 1.807) is 22.7 Å². The van der Waals surface area contributed by atoms with Crippen molar-refractivity contribution in [3.63, 3.8) is 0 Å². The minimum absolute atomic E-state index is 0.0877. The lowest BCUT2D eigenvalue weighted by Crippen LogP contribution is -2.45. The SMILES string of the molecule is Cc1c2nc(NCC(=O)N3CCCC3)sc2cc2sc(NCC(=O)N(C)C3CCNCC3)nc12. The molecule has 2 aliphatic rings. The summed E-state index contributed by atoms with van der Waals surface area (Å²) < 4.78 is 2.13. The number of rotatable bonds is 7. The molecule has 3 N–H and O–H groups in total. The molecule has 0 radical (unpaired) electrons. The molecule has 11 heteroatoms. The predicted octanol–water partition coefficient (Wildman–Crippen LogP) is 2.87. The van der Waals surface area contributed by atoms with E-state index in [4.69, 9.17) is 9.97 Å². The van der Waals surface area contributed by atoms with E-state index in [0.717, 1.165) is 88.1 Å². The molecule has 0 bridgehead atoms. The van der Waals surface area contributed by atoms with Gasteiger partial charge in [0, 0.05) is 31.7 Å². The zero-order valence-electron chi connectivity index (χ0n) is 19.6. The van der Waals surface area contributed by atoms with Crippen molar-refractivity contribution in [1.82, 2.24) is 25.1 Å². The van der Waals surface area contributed by atoms with Crippen LogP contribution in [0.1, 0.15) is 31.2 Å². The highest BCUT2D eigenvalue weighted by atomic mass is 32.1. The van der Waals surface area contributed by atoms with Crippen LogP contribution < -0.4 is 16.0 Å². The zero-order chi connectivity index (χ0) is 23.7. The Morgan fingerprint density at radius 1 is 1.06 bits per heavy atom. The summed E-state index contributed by atoms with van der Waals surface area (Å²) in [5.41, 5.74) is 2.83. The van der Waals surface area contributed by atoms with Gasteiger partial charge in [-0.25, -0.2) is 9.97 Å². The normalized spacial score (nSPS) is 16.9. The lowest BCUT2D eigenvalue weighted by atomic mass is 10.1. The lowest BCUT2D eigenvalue weighted by molar-refractivity contribution is -0.130. The van der Waals surface area contributed by atoms with Crippen LogP contribution in [0, 0.1) is 6.92 Å².